The van der Waals surface area contributed by atoms with Gasteiger partial charge in [-0.1, -0.05) is 32.0 Å². The van der Waals surface area contributed by atoms with Crippen LogP contribution in [0.2, 0.25) is 0 Å². The Balaban J connectivity index is 2.01. The van der Waals surface area contributed by atoms with Crippen molar-refractivity contribution in [1.29, 1.82) is 0 Å². The molecular weight excluding hydrogens is 318 g/mol. The maximum Gasteiger partial charge on any atom is 0.315 e. The number of benzene rings is 1. The lowest BCUT2D eigenvalue weighted by Gasteiger charge is -2.18. The number of hydrogen-bond donors (Lipinski definition) is 0. The first-order valence-corrected chi connectivity index (χ1v) is 8.53. The zero-order chi connectivity index (χ0) is 18.1. The van der Waals surface area contributed by atoms with Gasteiger partial charge in [0.15, 0.2) is 0 Å². The summed E-state index contributed by atoms with van der Waals surface area (Å²) >= 11 is 0. The average molecular weight is 341 g/mol. The van der Waals surface area contributed by atoms with Gasteiger partial charge < -0.3 is 9.64 Å². The average Bonchev–Trinajstić information content (AvgIpc) is 3.22. The predicted molar refractivity (Wildman–Crippen MR) is 94.9 cm³/mol. The molecule has 6 nitrogen and oxygen atoms in total. The normalized spacial score (nSPS) is 16.2. The van der Waals surface area contributed by atoms with Gasteiger partial charge in [0.25, 0.3) is 5.91 Å². The van der Waals surface area contributed by atoms with Gasteiger partial charge in [0.1, 0.15) is 5.92 Å². The lowest BCUT2D eigenvalue weighted by atomic mass is 10.0. The molecule has 1 atom stereocenters. The van der Waals surface area contributed by atoms with E-state index in [-0.39, 0.29) is 17.8 Å². The molecule has 25 heavy (non-hydrogen) atoms. The number of carbonyl (C=O) groups excluding carboxylic acids is 2. The third-order valence-electron chi connectivity index (χ3n) is 4.59. The SMILES string of the molecule is CCn1cc(C(=O)N2C[C@H](C(=O)OC)c3ccccc32)c(C(C)C)n1. The van der Waals surface area contributed by atoms with Crippen LogP contribution in [0.5, 0.6) is 0 Å². The lowest BCUT2D eigenvalue weighted by Crippen LogP contribution is -2.32. The minimum Gasteiger partial charge on any atom is -0.468 e. The number of amides is 1. The van der Waals surface area contributed by atoms with Crippen molar-refractivity contribution in [3.8, 4) is 0 Å². The summed E-state index contributed by atoms with van der Waals surface area (Å²) in [6, 6.07) is 7.49. The number of aromatic nitrogens is 2. The third kappa shape index (κ3) is 2.92. The molecule has 0 spiro atoms. The quantitative estimate of drug-likeness (QED) is 0.802. The number of carbonyl (C=O) groups is 2. The van der Waals surface area contributed by atoms with Gasteiger partial charge in [0.2, 0.25) is 0 Å². The van der Waals surface area contributed by atoms with Crippen LogP contribution >= 0.6 is 0 Å². The van der Waals surface area contributed by atoms with Gasteiger partial charge >= 0.3 is 5.97 Å². The molecule has 132 valence electrons. The summed E-state index contributed by atoms with van der Waals surface area (Å²) in [6.45, 7) is 7.03. The van der Waals surface area contributed by atoms with Gasteiger partial charge in [0, 0.05) is 25.0 Å². The molecule has 0 saturated carbocycles. The van der Waals surface area contributed by atoms with Gasteiger partial charge in [-0.05, 0) is 24.5 Å². The van der Waals surface area contributed by atoms with E-state index in [1.165, 1.54) is 7.11 Å². The summed E-state index contributed by atoms with van der Waals surface area (Å²) in [4.78, 5) is 27.0. The van der Waals surface area contributed by atoms with Crippen LogP contribution in [0.15, 0.2) is 30.5 Å². The molecule has 1 aliphatic heterocycles. The second-order valence-corrected chi connectivity index (χ2v) is 6.49. The van der Waals surface area contributed by atoms with Gasteiger partial charge in [-0.2, -0.15) is 5.10 Å². The van der Waals surface area contributed by atoms with E-state index in [9.17, 15) is 9.59 Å². The van der Waals surface area contributed by atoms with Crippen molar-refractivity contribution >= 4 is 17.6 Å². The second kappa shape index (κ2) is 6.70. The maximum atomic E-state index is 13.2. The first kappa shape index (κ1) is 17.2. The molecule has 0 radical (unpaired) electrons. The number of nitrogens with zero attached hydrogens (tertiary/aromatic N) is 3. The van der Waals surface area contributed by atoms with Crippen molar-refractivity contribution in [2.75, 3.05) is 18.6 Å². The fraction of sp³-hybridized carbons (Fsp3) is 0.421. The Kier molecular flexibility index (Phi) is 4.61. The fourth-order valence-corrected chi connectivity index (χ4v) is 3.28. The van der Waals surface area contributed by atoms with Crippen molar-refractivity contribution in [2.45, 2.75) is 39.2 Å². The van der Waals surface area contributed by atoms with Crippen molar-refractivity contribution in [3.63, 3.8) is 0 Å². The van der Waals surface area contributed by atoms with Crippen LogP contribution in [0.1, 0.15) is 54.2 Å². The number of fused-ring (bicyclic) bond motifs is 1. The highest BCUT2D eigenvalue weighted by Gasteiger charge is 2.38. The first-order chi connectivity index (χ1) is 12.0. The summed E-state index contributed by atoms with van der Waals surface area (Å²) in [5.41, 5.74) is 2.97. The van der Waals surface area contributed by atoms with E-state index >= 15 is 0 Å². The van der Waals surface area contributed by atoms with Crippen LogP contribution in [0.25, 0.3) is 0 Å². The number of rotatable bonds is 4. The van der Waals surface area contributed by atoms with E-state index in [0.717, 1.165) is 16.9 Å². The van der Waals surface area contributed by atoms with Crippen LogP contribution < -0.4 is 4.90 Å². The predicted octanol–water partition coefficient (Wildman–Crippen LogP) is 2.94. The van der Waals surface area contributed by atoms with Crippen LogP contribution in [0.4, 0.5) is 5.69 Å². The number of esters is 1. The van der Waals surface area contributed by atoms with E-state index in [4.69, 9.17) is 4.74 Å². The molecule has 1 amide bonds. The molecule has 0 saturated heterocycles. The highest BCUT2D eigenvalue weighted by atomic mass is 16.5. The van der Waals surface area contributed by atoms with Gasteiger partial charge in [-0.25, -0.2) is 0 Å². The zero-order valence-corrected chi connectivity index (χ0v) is 15.0. The minimum atomic E-state index is -0.450. The van der Waals surface area contributed by atoms with Crippen LogP contribution in [0, 0.1) is 0 Å². The Bertz CT molecular complexity index is 810. The van der Waals surface area contributed by atoms with Crippen molar-refractivity contribution in [1.82, 2.24) is 9.78 Å². The van der Waals surface area contributed by atoms with Crippen molar-refractivity contribution < 1.29 is 14.3 Å². The molecule has 0 bridgehead atoms. The van der Waals surface area contributed by atoms with E-state index in [1.54, 1.807) is 15.8 Å². The minimum absolute atomic E-state index is 0.123. The monoisotopic (exact) mass is 341 g/mol. The van der Waals surface area contributed by atoms with Gasteiger partial charge in [-0.3, -0.25) is 14.3 Å². The second-order valence-electron chi connectivity index (χ2n) is 6.49. The Morgan fingerprint density at radius 2 is 2.04 bits per heavy atom. The molecule has 6 heteroatoms. The summed E-state index contributed by atoms with van der Waals surface area (Å²) < 4.78 is 6.69. The number of hydrogen-bond acceptors (Lipinski definition) is 4. The molecular formula is C19H23N3O3. The number of methoxy groups -OCH3 is 1. The Hall–Kier alpha value is -2.63. The summed E-state index contributed by atoms with van der Waals surface area (Å²) in [6.07, 6.45) is 1.80. The number of anilines is 1. The van der Waals surface area contributed by atoms with Crippen LogP contribution in [-0.4, -0.2) is 35.3 Å². The molecule has 0 unspecified atom stereocenters. The first-order valence-electron chi connectivity index (χ1n) is 8.53. The molecule has 0 aliphatic carbocycles. The van der Waals surface area contributed by atoms with Crippen molar-refractivity contribution in [3.05, 3.63) is 47.3 Å². The maximum absolute atomic E-state index is 13.2. The molecule has 0 fully saturated rings. The molecule has 1 aromatic carbocycles. The topological polar surface area (TPSA) is 64.4 Å². The third-order valence-corrected chi connectivity index (χ3v) is 4.59. The summed E-state index contributed by atoms with van der Waals surface area (Å²) in [5, 5.41) is 4.52. The summed E-state index contributed by atoms with van der Waals surface area (Å²) in [5.74, 6) is -0.756. The molecule has 0 N–H and O–H groups in total. The van der Waals surface area contributed by atoms with E-state index in [2.05, 4.69) is 5.10 Å². The van der Waals surface area contributed by atoms with Crippen molar-refractivity contribution in [2.24, 2.45) is 0 Å². The molecule has 3 rings (SSSR count). The molecule has 2 aromatic rings. The highest BCUT2D eigenvalue weighted by Crippen LogP contribution is 2.38. The largest absolute Gasteiger partial charge is 0.468 e. The van der Waals surface area contributed by atoms with Gasteiger partial charge in [-0.15, -0.1) is 0 Å². The molecule has 1 aromatic heterocycles. The lowest BCUT2D eigenvalue weighted by molar-refractivity contribution is -0.141. The standard InChI is InChI=1S/C19H23N3O3/c1-5-21-10-15(17(20-21)12(2)3)18(23)22-11-14(19(24)25-4)13-8-6-7-9-16(13)22/h6-10,12,14H,5,11H2,1-4H3/t14-/m0/s1. The summed E-state index contributed by atoms with van der Waals surface area (Å²) in [7, 11) is 1.37. The van der Waals surface area contributed by atoms with E-state index in [1.807, 2.05) is 45.0 Å². The Morgan fingerprint density at radius 3 is 2.68 bits per heavy atom. The van der Waals surface area contributed by atoms with Crippen LogP contribution in [0.3, 0.4) is 0 Å². The van der Waals surface area contributed by atoms with E-state index in [0.29, 0.717) is 18.7 Å². The van der Waals surface area contributed by atoms with Crippen LogP contribution in [-0.2, 0) is 16.1 Å². The highest BCUT2D eigenvalue weighted by molar-refractivity contribution is 6.09. The number of para-hydroxylation sites is 1. The Labute approximate surface area is 147 Å². The van der Waals surface area contributed by atoms with E-state index < -0.39 is 5.92 Å². The fourth-order valence-electron chi connectivity index (χ4n) is 3.28. The van der Waals surface area contributed by atoms with Gasteiger partial charge in [0.05, 0.1) is 18.4 Å². The molecule has 2 heterocycles. The smallest absolute Gasteiger partial charge is 0.315 e. The zero-order valence-electron chi connectivity index (χ0n) is 15.0. The Morgan fingerprint density at radius 1 is 1.32 bits per heavy atom. The number of ether oxygens (including phenoxy) is 1. The number of aryl methyl sites for hydroxylation is 1. The molecule has 1 aliphatic rings.